The number of nitrogens with zero attached hydrogens (tertiary/aromatic N) is 4. The highest BCUT2D eigenvalue weighted by molar-refractivity contribution is 7.88. The third-order valence-electron chi connectivity index (χ3n) is 5.50. The van der Waals surface area contributed by atoms with E-state index in [0.717, 1.165) is 5.56 Å². The fourth-order valence-corrected chi connectivity index (χ4v) is 5.42. The molecule has 1 amide bonds. The smallest absolute Gasteiger partial charge is 0.257 e. The van der Waals surface area contributed by atoms with E-state index < -0.39 is 10.0 Å². The number of likely N-dealkylation sites (tertiary alicyclic amines) is 1. The van der Waals surface area contributed by atoms with E-state index in [9.17, 15) is 13.2 Å². The molecule has 0 bridgehead atoms. The van der Waals surface area contributed by atoms with Gasteiger partial charge < -0.3 is 4.90 Å². The number of hydrogen-bond donors (Lipinski definition) is 0. The quantitative estimate of drug-likeness (QED) is 0.798. The van der Waals surface area contributed by atoms with Crippen LogP contribution in [0.5, 0.6) is 0 Å². The molecule has 2 saturated heterocycles. The summed E-state index contributed by atoms with van der Waals surface area (Å²) >= 11 is 0. The number of rotatable bonds is 3. The first-order valence-electron chi connectivity index (χ1n) is 8.94. The molecular formula is C19H22N4O3S. The molecule has 2 aliphatic heterocycles. The molecule has 3 atom stereocenters. The molecule has 2 fully saturated rings. The minimum atomic E-state index is -3.33. The minimum absolute atomic E-state index is 0.0810. The molecule has 0 N–H and O–H groups in total. The molecule has 2 aromatic rings. The predicted octanol–water partition coefficient (Wildman–Crippen LogP) is 1.49. The van der Waals surface area contributed by atoms with Gasteiger partial charge in [-0.15, -0.1) is 0 Å². The zero-order valence-corrected chi connectivity index (χ0v) is 16.1. The Morgan fingerprint density at radius 3 is 2.37 bits per heavy atom. The Morgan fingerprint density at radius 1 is 1.07 bits per heavy atom. The van der Waals surface area contributed by atoms with Crippen molar-refractivity contribution >= 4 is 15.9 Å². The van der Waals surface area contributed by atoms with Crippen molar-refractivity contribution in [2.24, 2.45) is 11.8 Å². The van der Waals surface area contributed by atoms with Crippen molar-refractivity contribution in [2.75, 3.05) is 25.9 Å². The summed E-state index contributed by atoms with van der Waals surface area (Å²) < 4.78 is 26.3. The monoisotopic (exact) mass is 386 g/mol. The molecule has 27 heavy (non-hydrogen) atoms. The topological polar surface area (TPSA) is 83.5 Å². The second-order valence-corrected chi connectivity index (χ2v) is 9.28. The van der Waals surface area contributed by atoms with Crippen LogP contribution >= 0.6 is 0 Å². The average molecular weight is 386 g/mol. The van der Waals surface area contributed by atoms with E-state index in [1.165, 1.54) is 6.26 Å². The van der Waals surface area contributed by atoms with Crippen molar-refractivity contribution < 1.29 is 13.2 Å². The Labute approximate surface area is 159 Å². The number of aryl methyl sites for hydroxylation is 1. The molecule has 0 unspecified atom stereocenters. The van der Waals surface area contributed by atoms with Crippen LogP contribution in [-0.2, 0) is 10.0 Å². The summed E-state index contributed by atoms with van der Waals surface area (Å²) in [6.45, 7) is 3.30. The minimum Gasteiger partial charge on any atom is -0.338 e. The highest BCUT2D eigenvalue weighted by atomic mass is 32.2. The van der Waals surface area contributed by atoms with E-state index in [-0.39, 0.29) is 23.8 Å². The number of benzene rings is 1. The maximum absolute atomic E-state index is 12.8. The number of fused-ring (bicyclic) bond motifs is 1. The van der Waals surface area contributed by atoms with Crippen LogP contribution in [0.1, 0.15) is 27.8 Å². The molecule has 0 aliphatic carbocycles. The third kappa shape index (κ3) is 3.35. The maximum Gasteiger partial charge on any atom is 0.257 e. The van der Waals surface area contributed by atoms with E-state index in [2.05, 4.69) is 9.97 Å². The lowest BCUT2D eigenvalue weighted by Gasteiger charge is -2.28. The van der Waals surface area contributed by atoms with E-state index in [0.29, 0.717) is 31.0 Å². The van der Waals surface area contributed by atoms with Gasteiger partial charge >= 0.3 is 0 Å². The van der Waals surface area contributed by atoms with Crippen molar-refractivity contribution in [1.82, 2.24) is 19.2 Å². The lowest BCUT2D eigenvalue weighted by atomic mass is 9.90. The Morgan fingerprint density at radius 2 is 1.74 bits per heavy atom. The van der Waals surface area contributed by atoms with Gasteiger partial charge in [0.05, 0.1) is 17.9 Å². The van der Waals surface area contributed by atoms with E-state index in [4.69, 9.17) is 0 Å². The van der Waals surface area contributed by atoms with Gasteiger partial charge in [-0.25, -0.2) is 18.4 Å². The van der Waals surface area contributed by atoms with E-state index in [1.54, 1.807) is 28.5 Å². The molecule has 0 saturated carbocycles. The van der Waals surface area contributed by atoms with Crippen LogP contribution in [0.4, 0.5) is 0 Å². The first-order chi connectivity index (χ1) is 12.8. The van der Waals surface area contributed by atoms with Gasteiger partial charge in [0.2, 0.25) is 10.0 Å². The Kier molecular flexibility index (Phi) is 4.47. The molecule has 7 nitrogen and oxygen atoms in total. The van der Waals surface area contributed by atoms with Gasteiger partial charge in [-0.1, -0.05) is 30.3 Å². The second kappa shape index (κ2) is 6.69. The zero-order chi connectivity index (χ0) is 19.2. The van der Waals surface area contributed by atoms with Crippen LogP contribution in [0.3, 0.4) is 0 Å². The van der Waals surface area contributed by atoms with Gasteiger partial charge in [0.25, 0.3) is 5.91 Å². The van der Waals surface area contributed by atoms with Gasteiger partial charge in [-0.2, -0.15) is 4.31 Å². The summed E-state index contributed by atoms with van der Waals surface area (Å²) in [6.07, 6.45) is 4.36. The number of carbonyl (C=O) groups is 1. The number of hydrogen-bond acceptors (Lipinski definition) is 5. The van der Waals surface area contributed by atoms with Crippen LogP contribution in [0, 0.1) is 18.8 Å². The van der Waals surface area contributed by atoms with Gasteiger partial charge in [0.15, 0.2) is 0 Å². The maximum atomic E-state index is 12.8. The van der Waals surface area contributed by atoms with Crippen molar-refractivity contribution in [1.29, 1.82) is 0 Å². The molecule has 0 spiro atoms. The third-order valence-corrected chi connectivity index (χ3v) is 6.73. The SMILES string of the molecule is Cc1ncc(C(=O)N2C[C@@H]3CN(S(C)(=O)=O)[C@@H](c4ccccc4)[C@@H]3C2)cn1. The number of aromatic nitrogens is 2. The van der Waals surface area contributed by atoms with Gasteiger partial charge in [0.1, 0.15) is 5.82 Å². The van der Waals surface area contributed by atoms with Gasteiger partial charge in [-0.05, 0) is 18.4 Å². The van der Waals surface area contributed by atoms with Crippen molar-refractivity contribution in [3.63, 3.8) is 0 Å². The van der Waals surface area contributed by atoms with Gasteiger partial charge in [0, 0.05) is 37.9 Å². The van der Waals surface area contributed by atoms with Crippen LogP contribution in [0.25, 0.3) is 0 Å². The largest absolute Gasteiger partial charge is 0.338 e. The number of sulfonamides is 1. The Bertz CT molecular complexity index is 947. The summed E-state index contributed by atoms with van der Waals surface area (Å²) in [5.41, 5.74) is 1.44. The van der Waals surface area contributed by atoms with Crippen LogP contribution in [0.2, 0.25) is 0 Å². The van der Waals surface area contributed by atoms with Crippen molar-refractivity contribution in [2.45, 2.75) is 13.0 Å². The van der Waals surface area contributed by atoms with E-state index in [1.807, 2.05) is 30.3 Å². The predicted molar refractivity (Wildman–Crippen MR) is 100 cm³/mol. The van der Waals surface area contributed by atoms with Crippen LogP contribution in [-0.4, -0.2) is 59.4 Å². The second-order valence-electron chi connectivity index (χ2n) is 7.34. The molecule has 1 aromatic heterocycles. The first kappa shape index (κ1) is 18.1. The molecule has 2 aliphatic rings. The number of carbonyl (C=O) groups excluding carboxylic acids is 1. The lowest BCUT2D eigenvalue weighted by molar-refractivity contribution is 0.0773. The summed E-state index contributed by atoms with van der Waals surface area (Å²) in [4.78, 5) is 22.8. The molecule has 0 radical (unpaired) electrons. The molecule has 8 heteroatoms. The average Bonchev–Trinajstić information content (AvgIpc) is 3.20. The zero-order valence-electron chi connectivity index (χ0n) is 15.3. The fraction of sp³-hybridized carbons (Fsp3) is 0.421. The van der Waals surface area contributed by atoms with Crippen molar-refractivity contribution in [3.05, 3.63) is 59.7 Å². The van der Waals surface area contributed by atoms with E-state index >= 15 is 0 Å². The van der Waals surface area contributed by atoms with Crippen molar-refractivity contribution in [3.8, 4) is 0 Å². The summed E-state index contributed by atoms with van der Waals surface area (Å²) in [7, 11) is -3.33. The highest BCUT2D eigenvalue weighted by Gasteiger charge is 2.51. The molecule has 1 aromatic carbocycles. The van der Waals surface area contributed by atoms with Crippen LogP contribution < -0.4 is 0 Å². The molecule has 4 rings (SSSR count). The molecule has 142 valence electrons. The van der Waals surface area contributed by atoms with Crippen LogP contribution in [0.15, 0.2) is 42.7 Å². The molecular weight excluding hydrogens is 364 g/mol. The Balaban J connectivity index is 1.61. The normalized spacial score (nSPS) is 25.6. The lowest BCUT2D eigenvalue weighted by Crippen LogP contribution is -2.37. The molecule has 3 heterocycles. The number of amides is 1. The summed E-state index contributed by atoms with van der Waals surface area (Å²) in [5.74, 6) is 0.734. The highest BCUT2D eigenvalue weighted by Crippen LogP contribution is 2.46. The summed E-state index contributed by atoms with van der Waals surface area (Å²) in [5, 5.41) is 0. The summed E-state index contributed by atoms with van der Waals surface area (Å²) in [6, 6.07) is 9.45. The fourth-order valence-electron chi connectivity index (χ4n) is 4.26. The first-order valence-corrected chi connectivity index (χ1v) is 10.8. The standard InChI is InChI=1S/C19H22N4O3S/c1-13-20-8-15(9-21-13)19(24)22-10-16-11-23(27(2,25)26)18(17(16)12-22)14-6-4-3-5-7-14/h3-9,16-18H,10-12H2,1-2H3/t16-,17-,18+/m1/s1. The Hall–Kier alpha value is -2.32. The van der Waals surface area contributed by atoms with Gasteiger partial charge in [-0.3, -0.25) is 4.79 Å².